The highest BCUT2D eigenvalue weighted by Crippen LogP contribution is 2.52. The monoisotopic (exact) mass is 334 g/mol. The van der Waals surface area contributed by atoms with Gasteiger partial charge in [-0.05, 0) is 11.8 Å². The molecular weight excluding hydrogens is 322 g/mol. The molecule has 1 aliphatic rings. The topological polar surface area (TPSA) is 52.6 Å². The summed E-state index contributed by atoms with van der Waals surface area (Å²) >= 11 is 0. The minimum atomic E-state index is -5.80. The number of esters is 2. The quantitative estimate of drug-likeness (QED) is 0.343. The molecule has 1 atom stereocenters. The van der Waals surface area contributed by atoms with Crippen molar-refractivity contribution in [3.05, 3.63) is 12.3 Å². The lowest BCUT2D eigenvalue weighted by atomic mass is 10.1. The number of hydrogen-bond acceptors (Lipinski definition) is 4. The molecule has 1 unspecified atom stereocenters. The van der Waals surface area contributed by atoms with E-state index in [2.05, 4.69) is 9.47 Å². The number of ether oxygens (including phenoxy) is 2. The van der Waals surface area contributed by atoms with E-state index in [9.17, 15) is 35.9 Å². The van der Waals surface area contributed by atoms with Crippen LogP contribution in [0.3, 0.4) is 0 Å². The molecule has 0 N–H and O–H groups in total. The maximum atomic E-state index is 12.1. The van der Waals surface area contributed by atoms with Gasteiger partial charge in [0, 0.05) is 0 Å². The van der Waals surface area contributed by atoms with Crippen LogP contribution in [0.5, 0.6) is 0 Å². The minimum Gasteiger partial charge on any atom is -0.440 e. The molecule has 126 valence electrons. The van der Waals surface area contributed by atoms with E-state index >= 15 is 0 Å². The molecule has 1 fully saturated rings. The first kappa shape index (κ1) is 18.3. The number of carbonyl (C=O) groups is 2. The summed E-state index contributed by atoms with van der Waals surface area (Å²) in [7, 11) is 0. The van der Waals surface area contributed by atoms with E-state index in [1.807, 2.05) is 0 Å². The van der Waals surface area contributed by atoms with Gasteiger partial charge in [-0.3, -0.25) is 4.79 Å². The fourth-order valence-corrected chi connectivity index (χ4v) is 1.58. The van der Waals surface area contributed by atoms with E-state index in [0.29, 0.717) is 12.7 Å². The Bertz CT molecular complexity index is 463. The van der Waals surface area contributed by atoms with Crippen molar-refractivity contribution >= 4 is 11.9 Å². The van der Waals surface area contributed by atoms with Gasteiger partial charge in [-0.15, -0.1) is 0 Å². The van der Waals surface area contributed by atoms with E-state index in [0.717, 1.165) is 0 Å². The van der Waals surface area contributed by atoms with Crippen molar-refractivity contribution in [1.29, 1.82) is 0 Å². The highest BCUT2D eigenvalue weighted by molar-refractivity contribution is 5.83. The SMILES string of the molecule is CC1(C)CC1C(=O)OC=CC(=O)OC(C(F)(F)F)C(F)(F)F. The average Bonchev–Trinajstić information content (AvgIpc) is 2.92. The first-order valence-corrected chi connectivity index (χ1v) is 5.96. The Labute approximate surface area is 121 Å². The Morgan fingerprint density at radius 2 is 1.59 bits per heavy atom. The second kappa shape index (κ2) is 5.81. The minimum absolute atomic E-state index is 0.178. The van der Waals surface area contributed by atoms with Gasteiger partial charge in [0.05, 0.1) is 12.0 Å². The summed E-state index contributed by atoms with van der Waals surface area (Å²) in [5, 5.41) is 0. The predicted molar refractivity (Wildman–Crippen MR) is 59.1 cm³/mol. The summed E-state index contributed by atoms with van der Waals surface area (Å²) in [6.07, 6.45) is -14.7. The first-order chi connectivity index (χ1) is 9.75. The molecule has 0 radical (unpaired) electrons. The molecular formula is C12H12F6O4. The zero-order valence-electron chi connectivity index (χ0n) is 11.4. The molecule has 0 amide bonds. The second-order valence-corrected chi connectivity index (χ2v) is 5.39. The molecule has 0 heterocycles. The molecule has 4 nitrogen and oxygen atoms in total. The lowest BCUT2D eigenvalue weighted by Crippen LogP contribution is -2.45. The number of hydrogen-bond donors (Lipinski definition) is 0. The average molecular weight is 334 g/mol. The van der Waals surface area contributed by atoms with Crippen LogP contribution in [0.25, 0.3) is 0 Å². The largest absolute Gasteiger partial charge is 0.440 e. The molecule has 1 saturated carbocycles. The lowest BCUT2D eigenvalue weighted by Gasteiger charge is -2.21. The molecule has 0 spiro atoms. The Morgan fingerprint density at radius 1 is 1.14 bits per heavy atom. The van der Waals surface area contributed by atoms with Gasteiger partial charge in [0.15, 0.2) is 0 Å². The van der Waals surface area contributed by atoms with Crippen molar-refractivity contribution in [3.63, 3.8) is 0 Å². The highest BCUT2D eigenvalue weighted by atomic mass is 19.4. The lowest BCUT2D eigenvalue weighted by molar-refractivity contribution is -0.312. The molecule has 1 aliphatic carbocycles. The maximum absolute atomic E-state index is 12.1. The fraction of sp³-hybridized carbons (Fsp3) is 0.667. The van der Waals surface area contributed by atoms with Gasteiger partial charge >= 0.3 is 24.3 Å². The summed E-state index contributed by atoms with van der Waals surface area (Å²) in [5.41, 5.74) is -0.275. The number of alkyl halides is 6. The first-order valence-electron chi connectivity index (χ1n) is 5.96. The summed E-state index contributed by atoms with van der Waals surface area (Å²) in [6.45, 7) is 3.54. The van der Waals surface area contributed by atoms with E-state index < -0.39 is 36.3 Å². The molecule has 0 aromatic rings. The molecule has 22 heavy (non-hydrogen) atoms. The van der Waals surface area contributed by atoms with Gasteiger partial charge in [0.25, 0.3) is 6.10 Å². The smallest absolute Gasteiger partial charge is 0.434 e. The van der Waals surface area contributed by atoms with Crippen LogP contribution in [0.15, 0.2) is 12.3 Å². The molecule has 0 bridgehead atoms. The zero-order valence-corrected chi connectivity index (χ0v) is 11.4. The summed E-state index contributed by atoms with van der Waals surface area (Å²) in [4.78, 5) is 22.3. The molecule has 0 saturated heterocycles. The molecule has 0 aromatic carbocycles. The van der Waals surface area contributed by atoms with Crippen molar-refractivity contribution in [2.45, 2.75) is 38.7 Å². The third-order valence-electron chi connectivity index (χ3n) is 3.01. The van der Waals surface area contributed by atoms with Crippen LogP contribution in [-0.2, 0) is 19.1 Å². The van der Waals surface area contributed by atoms with Gasteiger partial charge < -0.3 is 9.47 Å². The molecule has 10 heteroatoms. The Kier molecular flexibility index (Phi) is 4.83. The summed E-state index contributed by atoms with van der Waals surface area (Å²) in [5.74, 6) is -3.08. The van der Waals surface area contributed by atoms with Gasteiger partial charge in [0.2, 0.25) is 0 Å². The van der Waals surface area contributed by atoms with E-state index in [1.165, 1.54) is 0 Å². The van der Waals surface area contributed by atoms with Crippen molar-refractivity contribution in [2.24, 2.45) is 11.3 Å². The van der Waals surface area contributed by atoms with Crippen LogP contribution in [0.2, 0.25) is 0 Å². The van der Waals surface area contributed by atoms with Crippen LogP contribution in [0, 0.1) is 11.3 Å². The number of halogens is 6. The van der Waals surface area contributed by atoms with E-state index in [1.54, 1.807) is 13.8 Å². The predicted octanol–water partition coefficient (Wildman–Crippen LogP) is 3.13. The van der Waals surface area contributed by atoms with Gasteiger partial charge in [0.1, 0.15) is 6.26 Å². The van der Waals surface area contributed by atoms with Gasteiger partial charge in [-0.25, -0.2) is 4.79 Å². The van der Waals surface area contributed by atoms with Crippen molar-refractivity contribution in [1.82, 2.24) is 0 Å². The maximum Gasteiger partial charge on any atom is 0.434 e. The second-order valence-electron chi connectivity index (χ2n) is 5.39. The summed E-state index contributed by atoms with van der Waals surface area (Å²) < 4.78 is 80.5. The van der Waals surface area contributed by atoms with Gasteiger partial charge in [-0.1, -0.05) is 13.8 Å². The zero-order chi connectivity index (χ0) is 17.3. The third-order valence-corrected chi connectivity index (χ3v) is 3.01. The van der Waals surface area contributed by atoms with Gasteiger partial charge in [-0.2, -0.15) is 26.3 Å². The fourth-order valence-electron chi connectivity index (χ4n) is 1.58. The molecule has 1 rings (SSSR count). The third kappa shape index (κ3) is 4.92. The molecule has 0 aliphatic heterocycles. The number of carbonyl (C=O) groups excluding carboxylic acids is 2. The van der Waals surface area contributed by atoms with Crippen molar-refractivity contribution < 1.29 is 45.4 Å². The van der Waals surface area contributed by atoms with Crippen LogP contribution in [-0.4, -0.2) is 30.4 Å². The highest BCUT2D eigenvalue weighted by Gasteiger charge is 2.59. The summed E-state index contributed by atoms with van der Waals surface area (Å²) in [6, 6.07) is 0. The molecule has 0 aromatic heterocycles. The Balaban J connectivity index is 2.54. The Hall–Kier alpha value is -1.74. The van der Waals surface area contributed by atoms with E-state index in [4.69, 9.17) is 0 Å². The normalized spacial score (nSPS) is 21.0. The van der Waals surface area contributed by atoms with Crippen LogP contribution in [0.4, 0.5) is 26.3 Å². The van der Waals surface area contributed by atoms with E-state index in [-0.39, 0.29) is 11.5 Å². The Morgan fingerprint density at radius 3 is 1.95 bits per heavy atom. The van der Waals surface area contributed by atoms with Crippen molar-refractivity contribution in [2.75, 3.05) is 0 Å². The number of rotatable bonds is 4. The van der Waals surface area contributed by atoms with Crippen LogP contribution in [0.1, 0.15) is 20.3 Å². The standard InChI is InChI=1S/C12H12F6O4/c1-10(2)5-6(10)8(20)21-4-3-7(19)22-9(11(13,14)15)12(16,17)18/h3-4,6,9H,5H2,1-2H3. The van der Waals surface area contributed by atoms with Crippen LogP contribution >= 0.6 is 0 Å². The van der Waals surface area contributed by atoms with Crippen LogP contribution < -0.4 is 0 Å². The van der Waals surface area contributed by atoms with Crippen molar-refractivity contribution in [3.8, 4) is 0 Å².